The third kappa shape index (κ3) is 1.74. The first-order valence-electron chi connectivity index (χ1n) is 5.16. The summed E-state index contributed by atoms with van der Waals surface area (Å²) < 4.78 is 6.69. The maximum absolute atomic E-state index is 5.43. The van der Waals surface area contributed by atoms with Crippen molar-refractivity contribution < 1.29 is 4.74 Å². The Morgan fingerprint density at radius 1 is 1.47 bits per heavy atom. The molecule has 1 aliphatic heterocycles. The Hall–Kier alpha value is 0.620. The molecular weight excluding hydrogens is 340 g/mol. The van der Waals surface area contributed by atoms with Gasteiger partial charge in [0.2, 0.25) is 0 Å². The molecule has 1 saturated heterocycles. The van der Waals surface area contributed by atoms with Crippen molar-refractivity contribution >= 4 is 43.2 Å². The number of thiophene rings is 1. The molecule has 3 atom stereocenters. The molecule has 1 saturated carbocycles. The van der Waals surface area contributed by atoms with E-state index in [2.05, 4.69) is 44.8 Å². The Bertz CT molecular complexity index is 380. The molecule has 0 amide bonds. The van der Waals surface area contributed by atoms with Crippen LogP contribution in [-0.4, -0.2) is 13.2 Å². The van der Waals surface area contributed by atoms with Crippen molar-refractivity contribution in [2.75, 3.05) is 13.2 Å². The molecule has 15 heavy (non-hydrogen) atoms. The second-order valence-electron chi connectivity index (χ2n) is 4.41. The summed E-state index contributed by atoms with van der Waals surface area (Å²) in [6, 6.07) is 2.21. The molecular formula is C11H12Br2OS. The lowest BCUT2D eigenvalue weighted by Crippen LogP contribution is -2.02. The van der Waals surface area contributed by atoms with Crippen molar-refractivity contribution in [3.8, 4) is 0 Å². The normalized spacial score (nSPS) is 35.3. The second-order valence-corrected chi connectivity index (χ2v) is 7.54. The third-order valence-corrected chi connectivity index (χ3v) is 6.87. The predicted molar refractivity (Wildman–Crippen MR) is 69.7 cm³/mol. The zero-order valence-corrected chi connectivity index (χ0v) is 12.4. The highest BCUT2D eigenvalue weighted by Gasteiger charge is 2.57. The molecule has 3 rings (SSSR count). The summed E-state index contributed by atoms with van der Waals surface area (Å²) in [6.45, 7) is 4.11. The van der Waals surface area contributed by atoms with E-state index in [-0.39, 0.29) is 0 Å². The first-order chi connectivity index (χ1) is 7.18. The SMILES string of the molecule is Cc1cc(Br)c(C(Br)C2C3COCC32)s1. The molecule has 2 aliphatic rings. The number of ether oxygens (including phenoxy) is 1. The average Bonchev–Trinajstić information content (AvgIpc) is 2.58. The standard InChI is InChI=1S/C11H12Br2OS/c1-5-2-8(12)11(15-5)10(13)9-6-3-14-4-7(6)9/h2,6-7,9-10H,3-4H2,1H3. The Morgan fingerprint density at radius 2 is 2.13 bits per heavy atom. The van der Waals surface area contributed by atoms with E-state index in [1.807, 2.05) is 11.3 Å². The van der Waals surface area contributed by atoms with Gasteiger partial charge >= 0.3 is 0 Å². The van der Waals surface area contributed by atoms with E-state index in [1.165, 1.54) is 14.2 Å². The second kappa shape index (κ2) is 3.83. The third-order valence-electron chi connectivity index (χ3n) is 3.44. The van der Waals surface area contributed by atoms with E-state index in [4.69, 9.17) is 4.74 Å². The summed E-state index contributed by atoms with van der Waals surface area (Å²) in [5, 5.41) is 0. The number of hydrogen-bond acceptors (Lipinski definition) is 2. The Labute approximate surface area is 110 Å². The highest BCUT2D eigenvalue weighted by Crippen LogP contribution is 2.61. The molecule has 1 aromatic heterocycles. The smallest absolute Gasteiger partial charge is 0.0535 e. The zero-order chi connectivity index (χ0) is 10.6. The molecule has 2 heterocycles. The van der Waals surface area contributed by atoms with E-state index >= 15 is 0 Å². The van der Waals surface area contributed by atoms with Crippen molar-refractivity contribution in [1.29, 1.82) is 0 Å². The lowest BCUT2D eigenvalue weighted by molar-refractivity contribution is 0.151. The summed E-state index contributed by atoms with van der Waals surface area (Å²) in [7, 11) is 0. The molecule has 4 heteroatoms. The molecule has 1 aliphatic carbocycles. The molecule has 3 unspecified atom stereocenters. The fourth-order valence-corrected chi connectivity index (χ4v) is 6.13. The van der Waals surface area contributed by atoms with Gasteiger partial charge in [-0.3, -0.25) is 0 Å². The number of halogens is 2. The van der Waals surface area contributed by atoms with Gasteiger partial charge in [0.1, 0.15) is 0 Å². The summed E-state index contributed by atoms with van der Waals surface area (Å²) in [4.78, 5) is 3.35. The number of alkyl halides is 1. The van der Waals surface area contributed by atoms with E-state index in [0.717, 1.165) is 31.0 Å². The Kier molecular flexibility index (Phi) is 2.74. The quantitative estimate of drug-likeness (QED) is 0.727. The first kappa shape index (κ1) is 10.8. The minimum absolute atomic E-state index is 0.518. The molecule has 2 fully saturated rings. The van der Waals surface area contributed by atoms with Crippen LogP contribution in [0.3, 0.4) is 0 Å². The average molecular weight is 352 g/mol. The van der Waals surface area contributed by atoms with Gasteiger partial charge in [0.05, 0.1) is 18.0 Å². The summed E-state index contributed by atoms with van der Waals surface area (Å²) in [6.07, 6.45) is 0. The molecule has 0 radical (unpaired) electrons. The van der Waals surface area contributed by atoms with Gasteiger partial charge in [-0.1, -0.05) is 15.9 Å². The van der Waals surface area contributed by atoms with Gasteiger partial charge in [0.15, 0.2) is 0 Å². The molecule has 0 spiro atoms. The van der Waals surface area contributed by atoms with Crippen LogP contribution in [0, 0.1) is 24.7 Å². The molecule has 1 aromatic rings. The predicted octanol–water partition coefficient (Wildman–Crippen LogP) is 4.15. The van der Waals surface area contributed by atoms with Crippen LogP contribution in [0.2, 0.25) is 0 Å². The number of aryl methyl sites for hydroxylation is 1. The fourth-order valence-electron chi connectivity index (χ4n) is 2.58. The summed E-state index contributed by atoms with van der Waals surface area (Å²) in [5.74, 6) is 2.42. The van der Waals surface area contributed by atoms with Crippen LogP contribution in [0.5, 0.6) is 0 Å². The van der Waals surface area contributed by atoms with Gasteiger partial charge in [-0.05, 0) is 46.7 Å². The molecule has 0 N–H and O–H groups in total. The molecule has 0 aromatic carbocycles. The van der Waals surface area contributed by atoms with Gasteiger partial charge in [-0.15, -0.1) is 11.3 Å². The van der Waals surface area contributed by atoms with Crippen molar-refractivity contribution in [3.05, 3.63) is 20.3 Å². The summed E-state index contributed by atoms with van der Waals surface area (Å²) >= 11 is 9.39. The minimum Gasteiger partial charge on any atom is -0.381 e. The molecule has 1 nitrogen and oxygen atoms in total. The van der Waals surface area contributed by atoms with Gasteiger partial charge in [0, 0.05) is 14.2 Å². The van der Waals surface area contributed by atoms with Crippen LogP contribution in [0.1, 0.15) is 14.6 Å². The maximum atomic E-state index is 5.43. The van der Waals surface area contributed by atoms with Crippen LogP contribution in [0.25, 0.3) is 0 Å². The number of fused-ring (bicyclic) bond motifs is 1. The van der Waals surface area contributed by atoms with E-state index in [0.29, 0.717) is 4.83 Å². The Morgan fingerprint density at radius 3 is 2.67 bits per heavy atom. The largest absolute Gasteiger partial charge is 0.381 e. The van der Waals surface area contributed by atoms with Crippen molar-refractivity contribution in [1.82, 2.24) is 0 Å². The van der Waals surface area contributed by atoms with E-state index < -0.39 is 0 Å². The lowest BCUT2D eigenvalue weighted by atomic mass is 10.2. The van der Waals surface area contributed by atoms with Crippen LogP contribution in [-0.2, 0) is 4.74 Å². The summed E-state index contributed by atoms with van der Waals surface area (Å²) in [5.41, 5.74) is 0. The first-order valence-corrected chi connectivity index (χ1v) is 7.68. The topological polar surface area (TPSA) is 9.23 Å². The van der Waals surface area contributed by atoms with Crippen LogP contribution < -0.4 is 0 Å². The molecule has 82 valence electrons. The van der Waals surface area contributed by atoms with Crippen molar-refractivity contribution in [2.24, 2.45) is 17.8 Å². The van der Waals surface area contributed by atoms with Gasteiger partial charge in [-0.25, -0.2) is 0 Å². The van der Waals surface area contributed by atoms with Gasteiger partial charge < -0.3 is 4.74 Å². The monoisotopic (exact) mass is 350 g/mol. The fraction of sp³-hybridized carbons (Fsp3) is 0.636. The Balaban J connectivity index is 1.80. The van der Waals surface area contributed by atoms with Crippen molar-refractivity contribution in [2.45, 2.75) is 11.8 Å². The highest BCUT2D eigenvalue weighted by molar-refractivity contribution is 9.11. The van der Waals surface area contributed by atoms with Gasteiger partial charge in [0.25, 0.3) is 0 Å². The zero-order valence-electron chi connectivity index (χ0n) is 8.37. The van der Waals surface area contributed by atoms with E-state index in [1.54, 1.807) is 0 Å². The van der Waals surface area contributed by atoms with Crippen LogP contribution in [0.15, 0.2) is 10.5 Å². The number of hydrogen-bond donors (Lipinski definition) is 0. The number of rotatable bonds is 2. The van der Waals surface area contributed by atoms with Crippen LogP contribution in [0.4, 0.5) is 0 Å². The lowest BCUT2D eigenvalue weighted by Gasteiger charge is -2.10. The van der Waals surface area contributed by atoms with E-state index in [9.17, 15) is 0 Å². The van der Waals surface area contributed by atoms with Crippen LogP contribution >= 0.6 is 43.2 Å². The molecule has 0 bridgehead atoms. The highest BCUT2D eigenvalue weighted by atomic mass is 79.9. The minimum atomic E-state index is 0.518. The van der Waals surface area contributed by atoms with Crippen molar-refractivity contribution in [3.63, 3.8) is 0 Å². The maximum Gasteiger partial charge on any atom is 0.0535 e. The van der Waals surface area contributed by atoms with Gasteiger partial charge in [-0.2, -0.15) is 0 Å².